The van der Waals surface area contributed by atoms with E-state index < -0.39 is 5.69 Å². The number of nitrogens with zero attached hydrogens (tertiary/aromatic N) is 4. The molecule has 1 fully saturated rings. The van der Waals surface area contributed by atoms with Crippen LogP contribution >= 0.6 is 0 Å². The van der Waals surface area contributed by atoms with Gasteiger partial charge in [0.2, 0.25) is 0 Å². The second kappa shape index (κ2) is 5.79. The molecule has 1 unspecified atom stereocenters. The Kier molecular flexibility index (Phi) is 3.85. The summed E-state index contributed by atoms with van der Waals surface area (Å²) in [6, 6.07) is 5.60. The topological polar surface area (TPSA) is 71.6 Å². The maximum Gasteiger partial charge on any atom is 0.357 e. The number of carbonyl (C=O) groups excluding carboxylic acids is 1. The van der Waals surface area contributed by atoms with E-state index >= 15 is 0 Å². The molecule has 0 radical (unpaired) electrons. The molecule has 0 aromatic carbocycles. The molecule has 7 heteroatoms. The number of pyridine rings is 1. The van der Waals surface area contributed by atoms with Gasteiger partial charge in [0.05, 0.1) is 6.54 Å². The Balaban J connectivity index is 1.83. The van der Waals surface area contributed by atoms with E-state index in [1.807, 2.05) is 6.92 Å². The molecule has 1 aliphatic heterocycles. The van der Waals surface area contributed by atoms with Gasteiger partial charge in [-0.25, -0.2) is 9.20 Å². The number of hydrogen-bond acceptors (Lipinski definition) is 5. The highest BCUT2D eigenvalue weighted by Gasteiger charge is 2.24. The maximum atomic E-state index is 12.4. The lowest BCUT2D eigenvalue weighted by molar-refractivity contribution is 0.0801. The van der Waals surface area contributed by atoms with Crippen molar-refractivity contribution in [2.45, 2.75) is 19.4 Å². The third-order valence-corrected chi connectivity index (χ3v) is 3.96. The van der Waals surface area contributed by atoms with Crippen LogP contribution in [0.3, 0.4) is 0 Å². The smallest absolute Gasteiger partial charge is 0.315 e. The fourth-order valence-corrected chi connectivity index (χ4v) is 2.78. The molecule has 0 saturated carbocycles. The van der Waals surface area contributed by atoms with Crippen LogP contribution in [0, 0.1) is 0 Å². The van der Waals surface area contributed by atoms with Crippen LogP contribution in [0.15, 0.2) is 29.2 Å². The van der Waals surface area contributed by atoms with Gasteiger partial charge in [0.25, 0.3) is 5.91 Å². The second-order valence-electron chi connectivity index (χ2n) is 5.23. The van der Waals surface area contributed by atoms with Crippen molar-refractivity contribution in [3.63, 3.8) is 0 Å². The molecule has 1 saturated heterocycles. The first-order valence-corrected chi connectivity index (χ1v) is 7.25. The minimum Gasteiger partial charge on any atom is -0.315 e. The molecule has 3 rings (SSSR count). The fourth-order valence-electron chi connectivity index (χ4n) is 2.78. The molecular weight excluding hydrogens is 270 g/mol. The van der Waals surface area contributed by atoms with Gasteiger partial charge in [-0.3, -0.25) is 9.69 Å². The summed E-state index contributed by atoms with van der Waals surface area (Å²) in [6.45, 7) is 4.88. The first-order valence-electron chi connectivity index (χ1n) is 7.25. The monoisotopic (exact) mass is 289 g/mol. The van der Waals surface area contributed by atoms with Gasteiger partial charge in [-0.1, -0.05) is 13.0 Å². The van der Waals surface area contributed by atoms with Crippen molar-refractivity contribution in [1.82, 2.24) is 24.4 Å². The SMILES string of the molecule is CCN(CC(=O)n1nc2ccccn2c1=O)C1CCNC1. The van der Waals surface area contributed by atoms with Crippen molar-refractivity contribution in [3.05, 3.63) is 34.9 Å². The molecule has 1 aliphatic rings. The quantitative estimate of drug-likeness (QED) is 0.845. The van der Waals surface area contributed by atoms with E-state index in [2.05, 4.69) is 15.3 Å². The molecule has 21 heavy (non-hydrogen) atoms. The molecule has 0 amide bonds. The Hall–Kier alpha value is -1.99. The second-order valence-corrected chi connectivity index (χ2v) is 5.23. The van der Waals surface area contributed by atoms with Gasteiger partial charge in [0.1, 0.15) is 0 Å². The Bertz CT molecular complexity index is 699. The van der Waals surface area contributed by atoms with E-state index in [4.69, 9.17) is 0 Å². The van der Waals surface area contributed by atoms with Crippen LogP contribution in [0.2, 0.25) is 0 Å². The van der Waals surface area contributed by atoms with Crippen LogP contribution in [0.5, 0.6) is 0 Å². The van der Waals surface area contributed by atoms with Gasteiger partial charge in [-0.05, 0) is 31.6 Å². The summed E-state index contributed by atoms with van der Waals surface area (Å²) in [5, 5.41) is 7.39. The lowest BCUT2D eigenvalue weighted by atomic mass is 10.2. The molecular formula is C14H19N5O2. The van der Waals surface area contributed by atoms with Crippen molar-refractivity contribution in [1.29, 1.82) is 0 Å². The number of aromatic nitrogens is 3. The summed E-state index contributed by atoms with van der Waals surface area (Å²) in [7, 11) is 0. The van der Waals surface area contributed by atoms with Crippen molar-refractivity contribution in [2.24, 2.45) is 0 Å². The highest BCUT2D eigenvalue weighted by Crippen LogP contribution is 2.08. The molecule has 3 heterocycles. The molecule has 1 atom stereocenters. The van der Waals surface area contributed by atoms with Gasteiger partial charge >= 0.3 is 5.69 Å². The average Bonchev–Trinajstić information content (AvgIpc) is 3.13. The molecule has 0 bridgehead atoms. The van der Waals surface area contributed by atoms with E-state index in [9.17, 15) is 9.59 Å². The Morgan fingerprint density at radius 2 is 2.38 bits per heavy atom. The summed E-state index contributed by atoms with van der Waals surface area (Å²) in [5.41, 5.74) is 0.0811. The van der Waals surface area contributed by atoms with E-state index in [-0.39, 0.29) is 12.5 Å². The zero-order valence-electron chi connectivity index (χ0n) is 12.0. The fraction of sp³-hybridized carbons (Fsp3) is 0.500. The van der Waals surface area contributed by atoms with Crippen molar-refractivity contribution in [2.75, 3.05) is 26.2 Å². The highest BCUT2D eigenvalue weighted by atomic mass is 16.2. The Morgan fingerprint density at radius 3 is 3.05 bits per heavy atom. The van der Waals surface area contributed by atoms with Gasteiger partial charge in [-0.15, -0.1) is 9.78 Å². The first kappa shape index (κ1) is 14.0. The van der Waals surface area contributed by atoms with E-state index in [1.165, 1.54) is 4.40 Å². The van der Waals surface area contributed by atoms with Crippen molar-refractivity contribution < 1.29 is 4.79 Å². The van der Waals surface area contributed by atoms with Crippen molar-refractivity contribution in [3.8, 4) is 0 Å². The number of likely N-dealkylation sites (N-methyl/N-ethyl adjacent to an activating group) is 1. The third-order valence-electron chi connectivity index (χ3n) is 3.96. The molecule has 1 N–H and O–H groups in total. The minimum atomic E-state index is -0.406. The molecule has 0 spiro atoms. The number of hydrogen-bond donors (Lipinski definition) is 1. The van der Waals surface area contributed by atoms with E-state index in [0.29, 0.717) is 11.7 Å². The number of carbonyl (C=O) groups is 1. The Labute approximate surface area is 122 Å². The largest absolute Gasteiger partial charge is 0.357 e. The molecule has 112 valence electrons. The Morgan fingerprint density at radius 1 is 1.52 bits per heavy atom. The lowest BCUT2D eigenvalue weighted by Crippen LogP contribution is -2.43. The van der Waals surface area contributed by atoms with Crippen LogP contribution in [0.4, 0.5) is 0 Å². The number of rotatable bonds is 4. The van der Waals surface area contributed by atoms with Crippen LogP contribution in [0.1, 0.15) is 18.1 Å². The zero-order valence-corrected chi connectivity index (χ0v) is 12.0. The summed E-state index contributed by atoms with van der Waals surface area (Å²) in [5.74, 6) is -0.280. The molecule has 0 aliphatic carbocycles. The summed E-state index contributed by atoms with van der Waals surface area (Å²) < 4.78 is 2.35. The summed E-state index contributed by atoms with van der Waals surface area (Å²) >= 11 is 0. The van der Waals surface area contributed by atoms with Crippen LogP contribution in [-0.4, -0.2) is 57.2 Å². The number of nitrogens with one attached hydrogen (secondary N) is 1. The minimum absolute atomic E-state index is 0.215. The normalized spacial score (nSPS) is 18.7. The average molecular weight is 289 g/mol. The van der Waals surface area contributed by atoms with E-state index in [1.54, 1.807) is 24.4 Å². The summed E-state index contributed by atoms with van der Waals surface area (Å²) in [4.78, 5) is 26.7. The predicted octanol–water partition coefficient (Wildman–Crippen LogP) is -0.180. The standard InChI is InChI=1S/C14H19N5O2/c1-2-17(11-6-7-15-9-11)10-13(20)19-14(21)18-8-4-3-5-12(18)16-19/h3-5,8,11,15H,2,6-7,9-10H2,1H3. The van der Waals surface area contributed by atoms with Crippen LogP contribution in [-0.2, 0) is 0 Å². The number of fused-ring (bicyclic) bond motifs is 1. The van der Waals surface area contributed by atoms with Gasteiger partial charge in [0, 0.05) is 18.8 Å². The zero-order chi connectivity index (χ0) is 14.8. The summed E-state index contributed by atoms with van der Waals surface area (Å²) in [6.07, 6.45) is 2.65. The predicted molar refractivity (Wildman–Crippen MR) is 78.6 cm³/mol. The molecule has 7 nitrogen and oxygen atoms in total. The lowest BCUT2D eigenvalue weighted by Gasteiger charge is -2.25. The van der Waals surface area contributed by atoms with Crippen LogP contribution in [0.25, 0.3) is 5.65 Å². The van der Waals surface area contributed by atoms with Crippen molar-refractivity contribution >= 4 is 11.6 Å². The third kappa shape index (κ3) is 2.62. The first-order chi connectivity index (χ1) is 10.2. The van der Waals surface area contributed by atoms with Crippen LogP contribution < -0.4 is 11.0 Å². The molecule has 2 aromatic heterocycles. The van der Waals surface area contributed by atoms with Gasteiger partial charge < -0.3 is 5.32 Å². The van der Waals surface area contributed by atoms with Gasteiger partial charge in [0.15, 0.2) is 5.65 Å². The molecule has 2 aromatic rings. The highest BCUT2D eigenvalue weighted by molar-refractivity contribution is 5.80. The van der Waals surface area contributed by atoms with E-state index in [0.717, 1.165) is 30.7 Å². The van der Waals surface area contributed by atoms with Gasteiger partial charge in [-0.2, -0.15) is 0 Å². The maximum absolute atomic E-state index is 12.4.